The molecule has 0 amide bonds. The Kier molecular flexibility index (Phi) is 4.10. The van der Waals surface area contributed by atoms with Gasteiger partial charge in [-0.1, -0.05) is 30.1 Å². The molecule has 1 atom stereocenters. The number of rotatable bonds is 3. The lowest BCUT2D eigenvalue weighted by molar-refractivity contribution is 0.0663. The van der Waals surface area contributed by atoms with Crippen molar-refractivity contribution in [2.24, 2.45) is 0 Å². The molecule has 1 aliphatic heterocycles. The standard InChI is InChI=1S/C14H19Cl2NO/c1-4-7-17-11-8-14(2,3)18-13-10(16)6-5-9(15)12(11)13/h5-6,11,17H,4,7-8H2,1-3H3. The molecule has 18 heavy (non-hydrogen) atoms. The van der Waals surface area contributed by atoms with Crippen molar-refractivity contribution in [2.75, 3.05) is 6.54 Å². The van der Waals surface area contributed by atoms with E-state index < -0.39 is 0 Å². The summed E-state index contributed by atoms with van der Waals surface area (Å²) in [5.74, 6) is 0.731. The van der Waals surface area contributed by atoms with Gasteiger partial charge in [0, 0.05) is 23.0 Å². The highest BCUT2D eigenvalue weighted by atomic mass is 35.5. The maximum Gasteiger partial charge on any atom is 0.144 e. The largest absolute Gasteiger partial charge is 0.486 e. The van der Waals surface area contributed by atoms with Crippen LogP contribution in [0.3, 0.4) is 0 Å². The summed E-state index contributed by atoms with van der Waals surface area (Å²) in [6, 6.07) is 3.83. The van der Waals surface area contributed by atoms with E-state index in [0.717, 1.165) is 35.7 Å². The molecule has 2 rings (SSSR count). The van der Waals surface area contributed by atoms with Crippen LogP contribution < -0.4 is 10.1 Å². The number of halogens is 2. The molecule has 1 N–H and O–H groups in total. The van der Waals surface area contributed by atoms with Crippen LogP contribution in [-0.2, 0) is 0 Å². The van der Waals surface area contributed by atoms with E-state index in [1.54, 1.807) is 6.07 Å². The van der Waals surface area contributed by atoms with Gasteiger partial charge in [0.15, 0.2) is 0 Å². The predicted octanol–water partition coefficient (Wildman–Crippen LogP) is 4.60. The minimum Gasteiger partial charge on any atom is -0.486 e. The van der Waals surface area contributed by atoms with E-state index in [1.165, 1.54) is 0 Å². The monoisotopic (exact) mass is 287 g/mol. The Labute approximate surface area is 119 Å². The molecule has 0 aromatic heterocycles. The topological polar surface area (TPSA) is 21.3 Å². The molecule has 0 saturated carbocycles. The lowest BCUT2D eigenvalue weighted by atomic mass is 9.89. The van der Waals surface area contributed by atoms with Gasteiger partial charge in [0.05, 0.1) is 5.02 Å². The van der Waals surface area contributed by atoms with E-state index >= 15 is 0 Å². The van der Waals surface area contributed by atoms with Gasteiger partial charge in [-0.15, -0.1) is 0 Å². The first-order chi connectivity index (χ1) is 8.44. The normalized spacial score (nSPS) is 21.3. The van der Waals surface area contributed by atoms with Crippen LogP contribution in [0.15, 0.2) is 12.1 Å². The average molecular weight is 288 g/mol. The summed E-state index contributed by atoms with van der Waals surface area (Å²) in [7, 11) is 0. The molecule has 0 radical (unpaired) electrons. The lowest BCUT2D eigenvalue weighted by Gasteiger charge is -2.39. The van der Waals surface area contributed by atoms with Crippen molar-refractivity contribution in [1.29, 1.82) is 0 Å². The van der Waals surface area contributed by atoms with Crippen molar-refractivity contribution in [3.05, 3.63) is 27.7 Å². The van der Waals surface area contributed by atoms with Crippen molar-refractivity contribution in [2.45, 2.75) is 45.3 Å². The van der Waals surface area contributed by atoms with Gasteiger partial charge < -0.3 is 10.1 Å². The number of fused-ring (bicyclic) bond motifs is 1. The molecule has 0 fully saturated rings. The van der Waals surface area contributed by atoms with Gasteiger partial charge >= 0.3 is 0 Å². The van der Waals surface area contributed by atoms with Gasteiger partial charge in [-0.3, -0.25) is 0 Å². The van der Waals surface area contributed by atoms with E-state index in [-0.39, 0.29) is 11.6 Å². The Hall–Kier alpha value is -0.440. The van der Waals surface area contributed by atoms with E-state index in [2.05, 4.69) is 26.1 Å². The maximum absolute atomic E-state index is 6.30. The van der Waals surface area contributed by atoms with E-state index in [1.807, 2.05) is 6.07 Å². The molecule has 0 spiro atoms. The van der Waals surface area contributed by atoms with Gasteiger partial charge in [-0.2, -0.15) is 0 Å². The summed E-state index contributed by atoms with van der Waals surface area (Å²) >= 11 is 12.5. The molecular formula is C14H19Cl2NO. The SMILES string of the molecule is CCCNC1CC(C)(C)Oc2c(Cl)ccc(Cl)c21. The van der Waals surface area contributed by atoms with Crippen molar-refractivity contribution in [3.63, 3.8) is 0 Å². The summed E-state index contributed by atoms with van der Waals surface area (Å²) < 4.78 is 5.98. The summed E-state index contributed by atoms with van der Waals surface area (Å²) in [6.45, 7) is 7.27. The van der Waals surface area contributed by atoms with Crippen molar-refractivity contribution in [3.8, 4) is 5.75 Å². The van der Waals surface area contributed by atoms with Gasteiger partial charge in [0.2, 0.25) is 0 Å². The van der Waals surface area contributed by atoms with Crippen LogP contribution in [0.1, 0.15) is 45.2 Å². The van der Waals surface area contributed by atoms with Gasteiger partial charge in [0.25, 0.3) is 0 Å². The van der Waals surface area contributed by atoms with E-state index in [0.29, 0.717) is 5.02 Å². The molecule has 1 unspecified atom stereocenters. The first-order valence-corrected chi connectivity index (χ1v) is 7.10. The number of nitrogens with one attached hydrogen (secondary N) is 1. The first-order valence-electron chi connectivity index (χ1n) is 6.35. The third-order valence-electron chi connectivity index (χ3n) is 3.16. The van der Waals surface area contributed by atoms with Crippen LogP contribution in [0.5, 0.6) is 5.75 Å². The zero-order valence-corrected chi connectivity index (χ0v) is 12.5. The van der Waals surface area contributed by atoms with Gasteiger partial charge in [-0.05, 0) is 38.9 Å². The smallest absolute Gasteiger partial charge is 0.144 e. The molecule has 1 aliphatic rings. The maximum atomic E-state index is 6.30. The Morgan fingerprint density at radius 1 is 1.33 bits per heavy atom. The fraction of sp³-hybridized carbons (Fsp3) is 0.571. The number of benzene rings is 1. The van der Waals surface area contributed by atoms with E-state index in [9.17, 15) is 0 Å². The molecule has 1 aromatic rings. The molecule has 4 heteroatoms. The highest BCUT2D eigenvalue weighted by Crippen LogP contribution is 2.46. The van der Waals surface area contributed by atoms with Crippen LogP contribution >= 0.6 is 23.2 Å². The van der Waals surface area contributed by atoms with Crippen molar-refractivity contribution >= 4 is 23.2 Å². The second-order valence-electron chi connectivity index (χ2n) is 5.34. The fourth-order valence-corrected chi connectivity index (χ4v) is 2.87. The molecule has 0 bridgehead atoms. The zero-order chi connectivity index (χ0) is 13.3. The van der Waals surface area contributed by atoms with Crippen LogP contribution in [0.2, 0.25) is 10.0 Å². The minimum absolute atomic E-state index is 0.204. The average Bonchev–Trinajstić information content (AvgIpc) is 2.29. The number of hydrogen-bond acceptors (Lipinski definition) is 2. The number of hydrogen-bond donors (Lipinski definition) is 1. The lowest BCUT2D eigenvalue weighted by Crippen LogP contribution is -2.40. The van der Waals surface area contributed by atoms with E-state index in [4.69, 9.17) is 27.9 Å². The number of ether oxygens (including phenoxy) is 1. The Morgan fingerprint density at radius 3 is 2.67 bits per heavy atom. The quantitative estimate of drug-likeness (QED) is 0.878. The summed E-state index contributed by atoms with van der Waals surface area (Å²) in [5, 5.41) is 4.88. The highest BCUT2D eigenvalue weighted by Gasteiger charge is 2.36. The minimum atomic E-state index is -0.229. The van der Waals surface area contributed by atoms with Crippen LogP contribution in [0.25, 0.3) is 0 Å². The Morgan fingerprint density at radius 2 is 2.00 bits per heavy atom. The highest BCUT2D eigenvalue weighted by molar-refractivity contribution is 6.35. The second-order valence-corrected chi connectivity index (χ2v) is 6.16. The molecule has 0 saturated heterocycles. The zero-order valence-electron chi connectivity index (χ0n) is 11.0. The van der Waals surface area contributed by atoms with Crippen molar-refractivity contribution < 1.29 is 4.74 Å². The summed E-state index contributed by atoms with van der Waals surface area (Å²) in [5.41, 5.74) is 0.768. The third kappa shape index (κ3) is 2.76. The molecular weight excluding hydrogens is 269 g/mol. The summed E-state index contributed by atoms with van der Waals surface area (Å²) in [6.07, 6.45) is 1.98. The summed E-state index contributed by atoms with van der Waals surface area (Å²) in [4.78, 5) is 0. The fourth-order valence-electron chi connectivity index (χ4n) is 2.38. The van der Waals surface area contributed by atoms with Gasteiger partial charge in [0.1, 0.15) is 11.4 Å². The van der Waals surface area contributed by atoms with Crippen LogP contribution in [0, 0.1) is 0 Å². The third-order valence-corrected chi connectivity index (χ3v) is 3.79. The molecule has 1 aromatic carbocycles. The second kappa shape index (κ2) is 5.28. The van der Waals surface area contributed by atoms with Gasteiger partial charge in [-0.25, -0.2) is 0 Å². The Balaban J connectivity index is 2.43. The first kappa shape index (κ1) is 14.0. The molecule has 100 valence electrons. The molecule has 1 heterocycles. The molecule has 2 nitrogen and oxygen atoms in total. The molecule has 0 aliphatic carbocycles. The predicted molar refractivity (Wildman–Crippen MR) is 76.8 cm³/mol. The van der Waals surface area contributed by atoms with Crippen LogP contribution in [-0.4, -0.2) is 12.1 Å². The Bertz CT molecular complexity index is 446. The van der Waals surface area contributed by atoms with Crippen molar-refractivity contribution in [1.82, 2.24) is 5.32 Å². The van der Waals surface area contributed by atoms with Crippen LogP contribution in [0.4, 0.5) is 0 Å².